The molecule has 1 unspecified atom stereocenters. The topological polar surface area (TPSA) is 79.7 Å². The van der Waals surface area contributed by atoms with Crippen LogP contribution < -0.4 is 8.37 Å². The van der Waals surface area contributed by atoms with Gasteiger partial charge < -0.3 is 13.1 Å². The summed E-state index contributed by atoms with van der Waals surface area (Å²) in [5, 5.41) is 0.927. The van der Waals surface area contributed by atoms with Crippen LogP contribution in [0.3, 0.4) is 0 Å². The van der Waals surface area contributed by atoms with Crippen molar-refractivity contribution in [3.63, 3.8) is 0 Å². The second-order valence-corrected chi connectivity index (χ2v) is 6.86. The number of aromatic nitrogens is 2. The van der Waals surface area contributed by atoms with E-state index in [2.05, 4.69) is 15.7 Å². The summed E-state index contributed by atoms with van der Waals surface area (Å²) in [7, 11) is -4.12. The SMILES string of the molecule is C=CCOC(Cn1cc2nc1OS(=O)(=O)O2)c1ccc(Cl)cc1Cl. The minimum absolute atomic E-state index is 0.0686. The quantitative estimate of drug-likeness (QED) is 0.704. The minimum atomic E-state index is -4.12. The van der Waals surface area contributed by atoms with Crippen LogP contribution in [-0.4, -0.2) is 24.6 Å². The minimum Gasteiger partial charge on any atom is -0.368 e. The first-order valence-corrected chi connectivity index (χ1v) is 8.85. The van der Waals surface area contributed by atoms with Gasteiger partial charge in [-0.05, 0) is 12.1 Å². The number of benzene rings is 1. The van der Waals surface area contributed by atoms with Gasteiger partial charge in [0.25, 0.3) is 5.88 Å². The van der Waals surface area contributed by atoms with Crippen molar-refractivity contribution in [1.29, 1.82) is 0 Å². The Hall–Kier alpha value is -1.74. The number of nitrogens with zero attached hydrogens (tertiary/aromatic N) is 2. The van der Waals surface area contributed by atoms with Gasteiger partial charge in [0.1, 0.15) is 6.10 Å². The third kappa shape index (κ3) is 3.67. The molecule has 0 radical (unpaired) electrons. The maximum Gasteiger partial charge on any atom is 0.505 e. The van der Waals surface area contributed by atoms with E-state index in [0.717, 1.165) is 0 Å². The molecule has 0 N–H and O–H groups in total. The van der Waals surface area contributed by atoms with Crippen LogP contribution in [0.2, 0.25) is 10.0 Å². The zero-order valence-corrected chi connectivity index (χ0v) is 14.5. The van der Waals surface area contributed by atoms with Gasteiger partial charge in [0.05, 0.1) is 19.3 Å². The average molecular weight is 391 g/mol. The summed E-state index contributed by atoms with van der Waals surface area (Å²) in [5.41, 5.74) is 0.687. The van der Waals surface area contributed by atoms with Crippen LogP contribution in [0.15, 0.2) is 37.1 Å². The number of fused-ring (bicyclic) bond motifs is 2. The van der Waals surface area contributed by atoms with Crippen LogP contribution in [0, 0.1) is 0 Å². The Bertz CT molecular complexity index is 881. The molecule has 0 saturated carbocycles. The molecule has 3 rings (SSSR count). The standard InChI is InChI=1S/C14H12Cl2N2O5S/c1-2-5-21-12(10-4-3-9(15)6-11(10)16)7-18-8-13-17-14(18)23-24(19,20)22-13/h2-4,6,8,12H,1,5,7H2. The highest BCUT2D eigenvalue weighted by Crippen LogP contribution is 2.33. The number of rotatable bonds is 6. The zero-order chi connectivity index (χ0) is 17.3. The Morgan fingerprint density at radius 3 is 2.88 bits per heavy atom. The molecule has 0 saturated heterocycles. The smallest absolute Gasteiger partial charge is 0.368 e. The van der Waals surface area contributed by atoms with Crippen molar-refractivity contribution in [2.75, 3.05) is 6.61 Å². The second-order valence-electron chi connectivity index (χ2n) is 4.87. The molecule has 2 heterocycles. The molecule has 1 atom stereocenters. The highest BCUT2D eigenvalue weighted by molar-refractivity contribution is 7.82. The Labute approximate surface area is 148 Å². The van der Waals surface area contributed by atoms with E-state index in [1.165, 1.54) is 10.8 Å². The second kappa shape index (κ2) is 6.64. The van der Waals surface area contributed by atoms with E-state index in [1.54, 1.807) is 24.3 Å². The molecule has 24 heavy (non-hydrogen) atoms. The number of hydrogen-bond donors (Lipinski definition) is 0. The van der Waals surface area contributed by atoms with Gasteiger partial charge in [0.2, 0.25) is 0 Å². The molecular formula is C14H12Cl2N2O5S. The Balaban J connectivity index is 1.90. The molecular weight excluding hydrogens is 379 g/mol. The van der Waals surface area contributed by atoms with Gasteiger partial charge in [-0.2, -0.15) is 4.98 Å². The summed E-state index contributed by atoms with van der Waals surface area (Å²) in [6, 6.07) is 4.93. The molecule has 10 heteroatoms. The van der Waals surface area contributed by atoms with Crippen molar-refractivity contribution in [3.05, 3.63) is 52.7 Å². The maximum absolute atomic E-state index is 11.4. The Morgan fingerprint density at radius 1 is 1.38 bits per heavy atom. The summed E-state index contributed by atoms with van der Waals surface area (Å²) in [5.74, 6) is -0.0686. The van der Waals surface area contributed by atoms with E-state index in [4.69, 9.17) is 32.1 Å². The van der Waals surface area contributed by atoms with E-state index in [1.807, 2.05) is 0 Å². The lowest BCUT2D eigenvalue weighted by Gasteiger charge is -2.20. The average Bonchev–Trinajstić information content (AvgIpc) is 2.77. The van der Waals surface area contributed by atoms with Gasteiger partial charge in [-0.1, -0.05) is 35.3 Å². The molecule has 1 aliphatic heterocycles. The van der Waals surface area contributed by atoms with E-state index >= 15 is 0 Å². The highest BCUT2D eigenvalue weighted by atomic mass is 35.5. The lowest BCUT2D eigenvalue weighted by Crippen LogP contribution is -2.21. The zero-order valence-electron chi connectivity index (χ0n) is 12.2. The van der Waals surface area contributed by atoms with Gasteiger partial charge in [-0.25, -0.2) is 0 Å². The van der Waals surface area contributed by atoms with Crippen LogP contribution in [-0.2, 0) is 21.7 Å². The Kier molecular flexibility index (Phi) is 4.73. The molecule has 0 amide bonds. The molecule has 7 nitrogen and oxygen atoms in total. The van der Waals surface area contributed by atoms with Crippen molar-refractivity contribution in [2.45, 2.75) is 12.6 Å². The van der Waals surface area contributed by atoms with E-state index in [0.29, 0.717) is 15.6 Å². The molecule has 1 aromatic heterocycles. The fourth-order valence-corrected chi connectivity index (χ4v) is 3.36. The lowest BCUT2D eigenvalue weighted by molar-refractivity contribution is 0.0597. The van der Waals surface area contributed by atoms with Crippen molar-refractivity contribution in [1.82, 2.24) is 9.55 Å². The van der Waals surface area contributed by atoms with Crippen LogP contribution in [0.5, 0.6) is 11.9 Å². The van der Waals surface area contributed by atoms with Gasteiger partial charge in [0.15, 0.2) is 0 Å². The first-order valence-electron chi connectivity index (χ1n) is 6.76. The van der Waals surface area contributed by atoms with Crippen molar-refractivity contribution < 1.29 is 21.5 Å². The molecule has 1 aromatic carbocycles. The third-order valence-corrected chi connectivity index (χ3v) is 4.46. The van der Waals surface area contributed by atoms with E-state index in [9.17, 15) is 8.42 Å². The molecule has 2 bridgehead atoms. The van der Waals surface area contributed by atoms with Crippen LogP contribution >= 0.6 is 23.2 Å². The first-order chi connectivity index (χ1) is 11.4. The fraction of sp³-hybridized carbons (Fsp3) is 0.214. The summed E-state index contributed by atoms with van der Waals surface area (Å²) < 4.78 is 39.3. The van der Waals surface area contributed by atoms with Crippen LogP contribution in [0.25, 0.3) is 0 Å². The van der Waals surface area contributed by atoms with Crippen molar-refractivity contribution in [3.8, 4) is 11.9 Å². The highest BCUT2D eigenvalue weighted by Gasteiger charge is 2.30. The predicted octanol–water partition coefficient (Wildman–Crippen LogP) is 3.15. The summed E-state index contributed by atoms with van der Waals surface area (Å²) >= 11 is 12.2. The molecule has 2 aromatic rings. The normalized spacial score (nSPS) is 16.1. The van der Waals surface area contributed by atoms with Crippen LogP contribution in [0.1, 0.15) is 11.7 Å². The summed E-state index contributed by atoms with van der Waals surface area (Å²) in [4.78, 5) is 3.88. The number of hydrogen-bond acceptors (Lipinski definition) is 6. The molecule has 0 fully saturated rings. The molecule has 1 aliphatic rings. The largest absolute Gasteiger partial charge is 0.505 e. The van der Waals surface area contributed by atoms with E-state index < -0.39 is 16.5 Å². The summed E-state index contributed by atoms with van der Waals surface area (Å²) in [6.07, 6.45) is 2.51. The summed E-state index contributed by atoms with van der Waals surface area (Å²) in [6.45, 7) is 4.09. The first kappa shape index (κ1) is 17.1. The fourth-order valence-electron chi connectivity index (χ4n) is 2.19. The van der Waals surface area contributed by atoms with Crippen molar-refractivity contribution >= 4 is 33.6 Å². The maximum atomic E-state index is 11.4. The lowest BCUT2D eigenvalue weighted by atomic mass is 10.1. The van der Waals surface area contributed by atoms with Gasteiger partial charge in [0, 0.05) is 15.6 Å². The van der Waals surface area contributed by atoms with Gasteiger partial charge in [-0.15, -0.1) is 15.0 Å². The Morgan fingerprint density at radius 2 is 2.17 bits per heavy atom. The molecule has 128 valence electrons. The van der Waals surface area contributed by atoms with Gasteiger partial charge in [-0.3, -0.25) is 4.57 Å². The predicted molar refractivity (Wildman–Crippen MR) is 87.8 cm³/mol. The third-order valence-electron chi connectivity index (χ3n) is 3.17. The van der Waals surface area contributed by atoms with E-state index in [-0.39, 0.29) is 25.0 Å². The van der Waals surface area contributed by atoms with Gasteiger partial charge >= 0.3 is 16.4 Å². The molecule has 0 aliphatic carbocycles. The molecule has 0 spiro atoms. The number of halogens is 2. The monoisotopic (exact) mass is 390 g/mol. The number of ether oxygens (including phenoxy) is 1. The van der Waals surface area contributed by atoms with Crippen LogP contribution in [0.4, 0.5) is 0 Å². The number of imidazole rings is 1. The van der Waals surface area contributed by atoms with Crippen molar-refractivity contribution in [2.24, 2.45) is 0 Å².